The molecule has 0 spiro atoms. The molecule has 594 valence electrons. The van der Waals surface area contributed by atoms with Crippen LogP contribution < -0.4 is 0 Å². The van der Waals surface area contributed by atoms with Crippen LogP contribution in [-0.4, -0.2) is 0 Å². The van der Waals surface area contributed by atoms with Crippen molar-refractivity contribution in [3.63, 3.8) is 0 Å². The molecule has 0 amide bonds. The molecule has 6 unspecified atom stereocenters. The van der Waals surface area contributed by atoms with Gasteiger partial charge in [0, 0.05) is 80.8 Å². The van der Waals surface area contributed by atoms with Gasteiger partial charge >= 0.3 is 0 Å². The third kappa shape index (κ3) is 30.2. The predicted molar refractivity (Wildman–Crippen MR) is 513 cm³/mol. The predicted octanol–water partition coefficient (Wildman–Crippen LogP) is 34.4. The molecule has 6 heterocycles. The Balaban J connectivity index is 1.20. The molecule has 0 saturated heterocycles. The van der Waals surface area contributed by atoms with Gasteiger partial charge in [0.05, 0.1) is 0 Å². The lowest BCUT2D eigenvalue weighted by Gasteiger charge is -2.12. The van der Waals surface area contributed by atoms with Crippen molar-refractivity contribution in [3.8, 4) is 23.7 Å². The van der Waals surface area contributed by atoms with E-state index in [0.29, 0.717) is 11.8 Å². The Morgan fingerprint density at radius 2 is 0.429 bits per heavy atom. The summed E-state index contributed by atoms with van der Waals surface area (Å²) < 4.78 is 0. The molecule has 0 radical (unpaired) electrons. The fraction of sp³-hybridized carbons (Fsp3) is 0.453. The molecule has 6 aromatic heterocycles. The molecule has 9 rings (SSSR count). The lowest BCUT2D eigenvalue weighted by Crippen LogP contribution is -2.01. The van der Waals surface area contributed by atoms with E-state index in [-0.39, 0.29) is 0 Å². The molecular weight excluding hydrogens is 1470 g/mol. The lowest BCUT2D eigenvalue weighted by molar-refractivity contribution is 0.452. The van der Waals surface area contributed by atoms with E-state index in [1.165, 1.54) is 225 Å². The molecular formula is C106H134S6. The number of benzene rings is 3. The fourth-order valence-electron chi connectivity index (χ4n) is 15.2. The van der Waals surface area contributed by atoms with Crippen molar-refractivity contribution in [2.75, 3.05) is 0 Å². The Kier molecular flexibility index (Phi) is 39.9. The van der Waals surface area contributed by atoms with Crippen molar-refractivity contribution in [1.82, 2.24) is 0 Å². The van der Waals surface area contributed by atoms with Crippen molar-refractivity contribution < 1.29 is 0 Å². The minimum atomic E-state index is 0.703. The van der Waals surface area contributed by atoms with Crippen LogP contribution in [0.1, 0.15) is 351 Å². The van der Waals surface area contributed by atoms with Gasteiger partial charge in [0.25, 0.3) is 0 Å². The molecule has 0 fully saturated rings. The largest absolute Gasteiger partial charge is 0.141 e. The van der Waals surface area contributed by atoms with Crippen molar-refractivity contribution in [1.29, 1.82) is 0 Å². The standard InChI is InChI=1S/C106H134S6/c1-13-25-31-79(19-7)71-101-63-57-95(107-101)51-39-85-37-41-87(47-53-97-59-65-103(109-97)73-81(21-9)33-27-15-3)89(69-85)43-45-91-77-94(50-56-100-62-68-106(112-100)76-84(24-12)36-30-18-6)92(78-93(91)49-55-99-61-67-105(111-99)75-83(23-11)35-29-17-5)46-44-90-70-86(40-52-96-58-64-102(108-96)72-80(20-8)32-26-14-2)38-42-88(90)48-54-98-60-66-104(110-98)74-82(22-10)34-28-16-4/h37-42,47-70,77-84H,13-36,71-76H2,1-12H3/b51-39+,52-40+,53-47+,54-48+,55-49+,56-50+. The van der Waals surface area contributed by atoms with Crippen LogP contribution in [0.25, 0.3) is 72.9 Å². The molecule has 6 atom stereocenters. The lowest BCUT2D eigenvalue weighted by atomic mass is 9.95. The van der Waals surface area contributed by atoms with Crippen LogP contribution in [0.2, 0.25) is 0 Å². The van der Waals surface area contributed by atoms with E-state index in [1.807, 2.05) is 68.0 Å². The van der Waals surface area contributed by atoms with E-state index in [1.54, 1.807) is 0 Å². The van der Waals surface area contributed by atoms with Gasteiger partial charge in [0.1, 0.15) is 0 Å². The Morgan fingerprint density at radius 3 is 0.643 bits per heavy atom. The molecule has 6 heteroatoms. The van der Waals surface area contributed by atoms with Crippen LogP contribution in [0.5, 0.6) is 0 Å². The summed E-state index contributed by atoms with van der Waals surface area (Å²) >= 11 is 11.7. The summed E-state index contributed by atoms with van der Waals surface area (Å²) in [6.45, 7) is 28.1. The molecule has 0 aliphatic heterocycles. The van der Waals surface area contributed by atoms with Crippen molar-refractivity contribution in [2.45, 2.75) is 276 Å². The van der Waals surface area contributed by atoms with E-state index in [9.17, 15) is 0 Å². The second-order valence-corrected chi connectivity index (χ2v) is 39.0. The number of rotatable bonds is 48. The van der Waals surface area contributed by atoms with Crippen LogP contribution in [-0.2, 0) is 38.5 Å². The van der Waals surface area contributed by atoms with Gasteiger partial charge in [-0.3, -0.25) is 0 Å². The summed E-state index contributed by atoms with van der Waals surface area (Å²) in [5, 5.41) is 0. The number of hydrogen-bond acceptors (Lipinski definition) is 6. The highest BCUT2D eigenvalue weighted by molar-refractivity contribution is 7.14. The Hall–Kier alpha value is -6.58. The van der Waals surface area contributed by atoms with Crippen LogP contribution in [0.3, 0.4) is 0 Å². The summed E-state index contributed by atoms with van der Waals surface area (Å²) in [7, 11) is 0. The highest BCUT2D eigenvalue weighted by Gasteiger charge is 2.17. The minimum Gasteiger partial charge on any atom is -0.141 e. The van der Waals surface area contributed by atoms with Gasteiger partial charge in [0.15, 0.2) is 0 Å². The number of hydrogen-bond donors (Lipinski definition) is 0. The maximum Gasteiger partial charge on any atom is 0.0328 e. The van der Waals surface area contributed by atoms with E-state index in [4.69, 9.17) is 0 Å². The Labute approximate surface area is 705 Å². The first-order valence-electron chi connectivity index (χ1n) is 44.0. The summed E-state index contributed by atoms with van der Waals surface area (Å²) in [5.41, 5.74) is 10.6. The van der Waals surface area contributed by atoms with Crippen molar-refractivity contribution >= 4 is 141 Å². The molecule has 0 aliphatic carbocycles. The summed E-state index contributed by atoms with van der Waals surface area (Å²) in [6.07, 6.45) is 65.2. The summed E-state index contributed by atoms with van der Waals surface area (Å²) in [4.78, 5) is 16.5. The monoisotopic (exact) mass is 1600 g/mol. The molecule has 0 N–H and O–H groups in total. The normalized spacial score (nSPS) is 13.7. The van der Waals surface area contributed by atoms with Gasteiger partial charge in [-0.2, -0.15) is 0 Å². The zero-order valence-corrected chi connectivity index (χ0v) is 75.5. The SMILES string of the molecule is CCCCC(CC)Cc1ccc(/C=C/c2ccc(/C=C/c3ccc(CC(CC)CCCC)s3)c(C#Cc3cc(/C=C/c4ccc(CC(CC)CCCC)s4)c(C#Cc4cc(/C=C/c5ccc(CC(CC)CCCC)s5)ccc4/C=C/c4ccc(CC(CC)CCCC)s4)cc3/C=C/c3ccc(CC(CC)CCCC)s3)c2)s1. The molecule has 112 heavy (non-hydrogen) atoms. The van der Waals surface area contributed by atoms with Crippen LogP contribution >= 0.6 is 68.0 Å². The van der Waals surface area contributed by atoms with E-state index < -0.39 is 0 Å². The Bertz CT molecular complexity index is 4260. The minimum absolute atomic E-state index is 0.703. The average Bonchev–Trinajstić information content (AvgIpc) is 0.951. The van der Waals surface area contributed by atoms with Gasteiger partial charge < -0.3 is 0 Å². The zero-order chi connectivity index (χ0) is 79.1. The quantitative estimate of drug-likeness (QED) is 0.0334. The highest BCUT2D eigenvalue weighted by Crippen LogP contribution is 2.35. The van der Waals surface area contributed by atoms with Gasteiger partial charge in [-0.1, -0.05) is 322 Å². The van der Waals surface area contributed by atoms with Gasteiger partial charge in [-0.15, -0.1) is 68.0 Å². The smallest absolute Gasteiger partial charge is 0.0328 e. The first-order chi connectivity index (χ1) is 54.8. The van der Waals surface area contributed by atoms with Gasteiger partial charge in [0.2, 0.25) is 0 Å². The van der Waals surface area contributed by atoms with Crippen LogP contribution in [0, 0.1) is 59.2 Å². The average molecular weight is 1600 g/mol. The molecule has 3 aromatic carbocycles. The summed E-state index contributed by atoms with van der Waals surface area (Å²) in [6, 6.07) is 46.6. The molecule has 0 bridgehead atoms. The zero-order valence-electron chi connectivity index (χ0n) is 70.6. The van der Waals surface area contributed by atoms with Crippen LogP contribution in [0.15, 0.2) is 121 Å². The fourth-order valence-corrected chi connectivity index (χ4v) is 21.4. The number of thiophene rings is 6. The second-order valence-electron chi connectivity index (χ2n) is 31.8. The topological polar surface area (TPSA) is 0 Å². The molecule has 0 saturated carbocycles. The third-order valence-electron chi connectivity index (χ3n) is 22.9. The first-order valence-corrected chi connectivity index (χ1v) is 48.9. The van der Waals surface area contributed by atoms with Crippen molar-refractivity contribution in [3.05, 3.63) is 235 Å². The number of unbranched alkanes of at least 4 members (excludes halogenated alkanes) is 6. The summed E-state index contributed by atoms with van der Waals surface area (Å²) in [5.74, 6) is 20.0. The van der Waals surface area contributed by atoms with E-state index in [2.05, 4.69) is 301 Å². The second kappa shape index (κ2) is 50.0. The van der Waals surface area contributed by atoms with Gasteiger partial charge in [-0.05, 0) is 241 Å². The highest BCUT2D eigenvalue weighted by atomic mass is 32.1. The van der Waals surface area contributed by atoms with Gasteiger partial charge in [-0.25, -0.2) is 0 Å². The van der Waals surface area contributed by atoms with E-state index >= 15 is 0 Å². The van der Waals surface area contributed by atoms with E-state index in [0.717, 1.165) is 105 Å². The first kappa shape index (κ1) is 89.4. The third-order valence-corrected chi connectivity index (χ3v) is 29.4. The molecule has 9 aromatic rings. The Morgan fingerprint density at radius 1 is 0.223 bits per heavy atom. The van der Waals surface area contributed by atoms with Crippen molar-refractivity contribution in [2.24, 2.45) is 35.5 Å². The maximum atomic E-state index is 3.92. The molecule has 0 nitrogen and oxygen atoms in total. The maximum absolute atomic E-state index is 3.92. The van der Waals surface area contributed by atoms with Crippen LogP contribution in [0.4, 0.5) is 0 Å². The molecule has 0 aliphatic rings.